The van der Waals surface area contributed by atoms with Crippen molar-refractivity contribution in [3.63, 3.8) is 0 Å². The van der Waals surface area contributed by atoms with Gasteiger partial charge in [-0.25, -0.2) is 4.79 Å². The van der Waals surface area contributed by atoms with E-state index in [0.717, 1.165) is 13.1 Å². The summed E-state index contributed by atoms with van der Waals surface area (Å²) in [4.78, 5) is 27.3. The predicted octanol–water partition coefficient (Wildman–Crippen LogP) is 4.90. The van der Waals surface area contributed by atoms with E-state index in [0.29, 0.717) is 23.5 Å². The Morgan fingerprint density at radius 2 is 1.31 bits per heavy atom. The van der Waals surface area contributed by atoms with Gasteiger partial charge in [0.2, 0.25) is 0 Å². The number of nitrogens with zero attached hydrogens (tertiary/aromatic N) is 1. The minimum Gasteiger partial charge on any atom is -0.350 e. The Labute approximate surface area is 188 Å². The molecule has 0 bridgehead atoms. The van der Waals surface area contributed by atoms with Gasteiger partial charge in [0.05, 0.1) is 6.04 Å². The van der Waals surface area contributed by atoms with Crippen molar-refractivity contribution in [1.29, 1.82) is 0 Å². The number of hydrogen-bond acceptors (Lipinski definition) is 3. The molecule has 3 amide bonds. The number of carbonyl (C=O) groups excluding carboxylic acids is 2. The van der Waals surface area contributed by atoms with Crippen LogP contribution in [0, 0.1) is 0 Å². The highest BCUT2D eigenvalue weighted by molar-refractivity contribution is 6.00. The lowest BCUT2D eigenvalue weighted by molar-refractivity contribution is 0.0938. The van der Waals surface area contributed by atoms with Gasteiger partial charge in [-0.2, -0.15) is 0 Å². The second kappa shape index (κ2) is 10.6. The van der Waals surface area contributed by atoms with Gasteiger partial charge in [-0.05, 0) is 67.9 Å². The summed E-state index contributed by atoms with van der Waals surface area (Å²) in [6, 6.07) is 26.3. The van der Waals surface area contributed by atoms with E-state index in [9.17, 15) is 9.59 Å². The Bertz CT molecular complexity index is 1020. The first kappa shape index (κ1) is 21.6. The van der Waals surface area contributed by atoms with Crippen molar-refractivity contribution in [3.8, 4) is 0 Å². The van der Waals surface area contributed by atoms with Gasteiger partial charge in [0, 0.05) is 23.5 Å². The average Bonchev–Trinajstić information content (AvgIpc) is 3.35. The topological polar surface area (TPSA) is 73.5 Å². The summed E-state index contributed by atoms with van der Waals surface area (Å²) in [6.45, 7) is 2.67. The largest absolute Gasteiger partial charge is 0.350 e. The maximum atomic E-state index is 12.7. The molecule has 0 spiro atoms. The molecule has 164 valence electrons. The van der Waals surface area contributed by atoms with Crippen molar-refractivity contribution < 1.29 is 9.59 Å². The van der Waals surface area contributed by atoms with Crippen molar-refractivity contribution >= 4 is 23.3 Å². The molecule has 0 aliphatic carbocycles. The molecular formula is C26H28N4O2. The van der Waals surface area contributed by atoms with E-state index in [1.807, 2.05) is 48.5 Å². The molecule has 4 rings (SSSR count). The van der Waals surface area contributed by atoms with Gasteiger partial charge in [-0.1, -0.05) is 48.5 Å². The molecule has 32 heavy (non-hydrogen) atoms. The molecule has 1 saturated heterocycles. The van der Waals surface area contributed by atoms with Gasteiger partial charge >= 0.3 is 6.03 Å². The van der Waals surface area contributed by atoms with Crippen LogP contribution in [0.15, 0.2) is 84.9 Å². The van der Waals surface area contributed by atoms with Crippen LogP contribution < -0.4 is 16.0 Å². The van der Waals surface area contributed by atoms with Crippen molar-refractivity contribution in [2.75, 3.05) is 30.3 Å². The molecule has 1 aliphatic heterocycles. The molecule has 1 fully saturated rings. The van der Waals surface area contributed by atoms with E-state index in [1.54, 1.807) is 24.3 Å². The summed E-state index contributed by atoms with van der Waals surface area (Å²) in [5.41, 5.74) is 3.12. The van der Waals surface area contributed by atoms with Crippen LogP contribution in [0.3, 0.4) is 0 Å². The summed E-state index contributed by atoms with van der Waals surface area (Å²) in [5, 5.41) is 8.63. The second-order valence-electron chi connectivity index (χ2n) is 7.90. The Hall–Kier alpha value is -3.64. The molecule has 6 nitrogen and oxygen atoms in total. The van der Waals surface area contributed by atoms with Crippen LogP contribution in [0.4, 0.5) is 16.2 Å². The fourth-order valence-corrected chi connectivity index (χ4v) is 4.00. The molecule has 6 heteroatoms. The monoisotopic (exact) mass is 428 g/mol. The number of hydrogen-bond donors (Lipinski definition) is 3. The zero-order valence-corrected chi connectivity index (χ0v) is 18.0. The van der Waals surface area contributed by atoms with Gasteiger partial charge in [0.1, 0.15) is 0 Å². The first-order valence-electron chi connectivity index (χ1n) is 11.0. The Morgan fingerprint density at radius 1 is 0.750 bits per heavy atom. The van der Waals surface area contributed by atoms with Crippen LogP contribution in [0.5, 0.6) is 0 Å². The van der Waals surface area contributed by atoms with Gasteiger partial charge in [0.25, 0.3) is 5.91 Å². The normalized spacial score (nSPS) is 14.5. The van der Waals surface area contributed by atoms with E-state index in [4.69, 9.17) is 0 Å². The zero-order chi connectivity index (χ0) is 22.2. The molecule has 0 radical (unpaired) electrons. The van der Waals surface area contributed by atoms with Crippen LogP contribution in [0.1, 0.15) is 34.8 Å². The number of para-hydroxylation sites is 1. The van der Waals surface area contributed by atoms with E-state index in [1.165, 1.54) is 18.4 Å². The third-order valence-corrected chi connectivity index (χ3v) is 5.66. The van der Waals surface area contributed by atoms with Gasteiger partial charge < -0.3 is 16.0 Å². The summed E-state index contributed by atoms with van der Waals surface area (Å²) in [5.74, 6) is -0.120. The quantitative estimate of drug-likeness (QED) is 0.501. The summed E-state index contributed by atoms with van der Waals surface area (Å²) in [6.07, 6.45) is 2.40. The Morgan fingerprint density at radius 3 is 1.94 bits per heavy atom. The minimum absolute atomic E-state index is 0.120. The van der Waals surface area contributed by atoms with E-state index in [2.05, 4.69) is 33.0 Å². The third kappa shape index (κ3) is 5.74. The van der Waals surface area contributed by atoms with Gasteiger partial charge in [-0.3, -0.25) is 9.69 Å². The number of benzene rings is 3. The number of likely N-dealkylation sites (tertiary alicyclic amines) is 1. The van der Waals surface area contributed by atoms with Gasteiger partial charge in [0.15, 0.2) is 0 Å². The van der Waals surface area contributed by atoms with Crippen LogP contribution in [-0.4, -0.2) is 36.5 Å². The number of carbonyl (C=O) groups is 2. The van der Waals surface area contributed by atoms with Crippen molar-refractivity contribution in [3.05, 3.63) is 96.1 Å². The lowest BCUT2D eigenvalue weighted by Gasteiger charge is -2.28. The SMILES string of the molecule is O=C(Nc1ccccc1)Nc1ccc(C(=O)NCC(c2ccccc2)N2CCCC2)cc1. The number of anilines is 2. The number of urea groups is 1. The fourth-order valence-electron chi connectivity index (χ4n) is 4.00. The maximum absolute atomic E-state index is 12.7. The van der Waals surface area contributed by atoms with Crippen LogP contribution >= 0.6 is 0 Å². The summed E-state index contributed by atoms with van der Waals surface area (Å²) < 4.78 is 0. The standard InChI is InChI=1S/C26H28N4O2/c31-25(27-19-24(30-17-7-8-18-30)20-9-3-1-4-10-20)21-13-15-23(16-14-21)29-26(32)28-22-11-5-2-6-12-22/h1-6,9-16,24H,7-8,17-19H2,(H,27,31)(H2,28,29,32). The molecule has 3 N–H and O–H groups in total. The van der Waals surface area contributed by atoms with Crippen LogP contribution in [0.25, 0.3) is 0 Å². The maximum Gasteiger partial charge on any atom is 0.323 e. The number of nitrogens with one attached hydrogen (secondary N) is 3. The highest BCUT2D eigenvalue weighted by Gasteiger charge is 2.24. The number of rotatable bonds is 7. The molecule has 3 aromatic rings. The van der Waals surface area contributed by atoms with Crippen molar-refractivity contribution in [2.45, 2.75) is 18.9 Å². The zero-order valence-electron chi connectivity index (χ0n) is 18.0. The molecule has 1 unspecified atom stereocenters. The highest BCUT2D eigenvalue weighted by atomic mass is 16.2. The first-order valence-corrected chi connectivity index (χ1v) is 11.0. The Balaban J connectivity index is 1.33. The minimum atomic E-state index is -0.329. The van der Waals surface area contributed by atoms with E-state index in [-0.39, 0.29) is 18.0 Å². The fraction of sp³-hybridized carbons (Fsp3) is 0.231. The first-order chi connectivity index (χ1) is 15.7. The second-order valence-corrected chi connectivity index (χ2v) is 7.90. The van der Waals surface area contributed by atoms with Crippen LogP contribution in [-0.2, 0) is 0 Å². The average molecular weight is 429 g/mol. The van der Waals surface area contributed by atoms with E-state index < -0.39 is 0 Å². The molecule has 1 atom stereocenters. The van der Waals surface area contributed by atoms with Crippen molar-refractivity contribution in [2.24, 2.45) is 0 Å². The third-order valence-electron chi connectivity index (χ3n) is 5.66. The highest BCUT2D eigenvalue weighted by Crippen LogP contribution is 2.24. The molecule has 0 aromatic heterocycles. The summed E-state index contributed by atoms with van der Waals surface area (Å²) >= 11 is 0. The predicted molar refractivity (Wildman–Crippen MR) is 128 cm³/mol. The summed E-state index contributed by atoms with van der Waals surface area (Å²) in [7, 11) is 0. The lowest BCUT2D eigenvalue weighted by atomic mass is 10.1. The molecule has 3 aromatic carbocycles. The molecule has 1 heterocycles. The number of amides is 3. The van der Waals surface area contributed by atoms with Crippen molar-refractivity contribution in [1.82, 2.24) is 10.2 Å². The lowest BCUT2D eigenvalue weighted by Crippen LogP contribution is -2.36. The van der Waals surface area contributed by atoms with E-state index >= 15 is 0 Å². The van der Waals surface area contributed by atoms with Crippen LogP contribution in [0.2, 0.25) is 0 Å². The molecule has 1 aliphatic rings. The molecule has 0 saturated carbocycles. The van der Waals surface area contributed by atoms with Gasteiger partial charge in [-0.15, -0.1) is 0 Å². The molecular weight excluding hydrogens is 400 g/mol. The Kier molecular flexibility index (Phi) is 7.15. The smallest absolute Gasteiger partial charge is 0.323 e.